The van der Waals surface area contributed by atoms with Gasteiger partial charge < -0.3 is 9.15 Å². The van der Waals surface area contributed by atoms with Crippen LogP contribution in [0.15, 0.2) is 52.2 Å². The van der Waals surface area contributed by atoms with Crippen LogP contribution >= 0.6 is 11.6 Å². The van der Waals surface area contributed by atoms with Crippen molar-refractivity contribution in [2.75, 3.05) is 0 Å². The van der Waals surface area contributed by atoms with E-state index in [4.69, 9.17) is 20.8 Å². The first-order valence-electron chi connectivity index (χ1n) is 8.77. The van der Waals surface area contributed by atoms with Crippen LogP contribution < -0.4 is 0 Å². The second-order valence-corrected chi connectivity index (χ2v) is 7.14. The highest BCUT2D eigenvalue weighted by molar-refractivity contribution is 6.30. The monoisotopic (exact) mass is 388 g/mol. The molecule has 2 atom stereocenters. The zero-order valence-corrected chi connectivity index (χ0v) is 16.1. The highest BCUT2D eigenvalue weighted by atomic mass is 35.5. The summed E-state index contributed by atoms with van der Waals surface area (Å²) in [6.45, 7) is 4.99. The Labute approximate surface area is 162 Å². The van der Waals surface area contributed by atoms with E-state index in [0.717, 1.165) is 11.3 Å². The zero-order chi connectivity index (χ0) is 19.6. The van der Waals surface area contributed by atoms with Crippen LogP contribution in [0.2, 0.25) is 5.02 Å². The van der Waals surface area contributed by atoms with Crippen LogP contribution in [-0.4, -0.2) is 28.7 Å². The molecule has 0 spiro atoms. The minimum Gasteiger partial charge on any atom is -0.467 e. The van der Waals surface area contributed by atoms with Crippen molar-refractivity contribution in [3.8, 4) is 0 Å². The maximum absolute atomic E-state index is 12.9. The molecule has 1 aromatic carbocycles. The fourth-order valence-corrected chi connectivity index (χ4v) is 2.91. The summed E-state index contributed by atoms with van der Waals surface area (Å²) in [5.74, 6) is -0.507. The number of benzene rings is 1. The van der Waals surface area contributed by atoms with Crippen molar-refractivity contribution >= 4 is 29.2 Å². The molecule has 0 aliphatic carbocycles. The Morgan fingerprint density at radius 2 is 1.93 bits per heavy atom. The van der Waals surface area contributed by atoms with Gasteiger partial charge in [0.1, 0.15) is 11.8 Å². The van der Waals surface area contributed by atoms with Crippen LogP contribution in [-0.2, 0) is 14.3 Å². The first kappa shape index (κ1) is 19.2. The van der Waals surface area contributed by atoms with E-state index in [1.807, 2.05) is 12.1 Å². The Hall–Kier alpha value is -2.60. The van der Waals surface area contributed by atoms with Gasteiger partial charge >= 0.3 is 5.97 Å². The van der Waals surface area contributed by atoms with Gasteiger partial charge in [-0.05, 0) is 36.8 Å². The molecule has 1 aliphatic heterocycles. The average Bonchev–Trinajstić information content (AvgIpc) is 3.31. The number of hydrazone groups is 1. The third-order valence-electron chi connectivity index (χ3n) is 4.30. The number of amides is 1. The predicted molar refractivity (Wildman–Crippen MR) is 101 cm³/mol. The highest BCUT2D eigenvalue weighted by Crippen LogP contribution is 2.34. The highest BCUT2D eigenvalue weighted by Gasteiger charge is 2.37. The van der Waals surface area contributed by atoms with Crippen LogP contribution in [0.1, 0.15) is 44.6 Å². The van der Waals surface area contributed by atoms with Gasteiger partial charge in [-0.3, -0.25) is 9.59 Å². The van der Waals surface area contributed by atoms with Gasteiger partial charge in [0.15, 0.2) is 6.10 Å². The van der Waals surface area contributed by atoms with E-state index < -0.39 is 24.0 Å². The molecule has 27 heavy (non-hydrogen) atoms. The Kier molecular flexibility index (Phi) is 5.65. The first-order chi connectivity index (χ1) is 12.9. The number of esters is 1. The molecule has 1 aromatic heterocycles. The summed E-state index contributed by atoms with van der Waals surface area (Å²) >= 11 is 5.95. The minimum atomic E-state index is -0.939. The largest absolute Gasteiger partial charge is 0.467 e. The van der Waals surface area contributed by atoms with E-state index in [1.165, 1.54) is 5.01 Å². The minimum absolute atomic E-state index is 0.312. The second kappa shape index (κ2) is 7.96. The fraction of sp³-hybridized carbons (Fsp3) is 0.350. The Bertz CT molecular complexity index is 843. The zero-order valence-electron chi connectivity index (χ0n) is 15.4. The molecule has 1 amide bonds. The molecule has 3 rings (SSSR count). The molecule has 7 heteroatoms. The Morgan fingerprint density at radius 1 is 1.22 bits per heavy atom. The molecule has 2 aromatic rings. The van der Waals surface area contributed by atoms with Crippen molar-refractivity contribution in [1.29, 1.82) is 0 Å². The van der Waals surface area contributed by atoms with Crippen LogP contribution in [0.25, 0.3) is 0 Å². The predicted octanol–water partition coefficient (Wildman–Crippen LogP) is 4.20. The maximum atomic E-state index is 12.9. The molecule has 1 aliphatic rings. The maximum Gasteiger partial charge on any atom is 0.309 e. The van der Waals surface area contributed by atoms with Crippen molar-refractivity contribution in [3.63, 3.8) is 0 Å². The van der Waals surface area contributed by atoms with E-state index in [0.29, 0.717) is 17.2 Å². The van der Waals surface area contributed by atoms with Crippen LogP contribution in [0, 0.1) is 5.92 Å². The molecule has 6 nitrogen and oxygen atoms in total. The first-order valence-corrected chi connectivity index (χ1v) is 9.15. The van der Waals surface area contributed by atoms with E-state index in [9.17, 15) is 9.59 Å². The molecule has 0 radical (unpaired) electrons. The third kappa shape index (κ3) is 4.22. The number of carbonyl (C=O) groups excluding carboxylic acids is 2. The van der Waals surface area contributed by atoms with Crippen molar-refractivity contribution in [2.45, 2.75) is 39.3 Å². The SMILES string of the molecule is CC(C)C(=O)O[C@@H](C)C(=O)N1N=C(c2ccc(Cl)cc2)C[C@H]1c1ccco1. The number of halogens is 1. The number of furan rings is 1. The Balaban J connectivity index is 1.86. The molecule has 2 heterocycles. The lowest BCUT2D eigenvalue weighted by atomic mass is 10.0. The number of ether oxygens (including phenoxy) is 1. The smallest absolute Gasteiger partial charge is 0.309 e. The molecular formula is C20H21ClN2O4. The average molecular weight is 389 g/mol. The molecule has 0 N–H and O–H groups in total. The number of nitrogens with zero attached hydrogens (tertiary/aromatic N) is 2. The summed E-state index contributed by atoms with van der Waals surface area (Å²) in [6.07, 6.45) is 1.11. The lowest BCUT2D eigenvalue weighted by molar-refractivity contribution is -0.162. The van der Waals surface area contributed by atoms with Crippen LogP contribution in [0.3, 0.4) is 0 Å². The van der Waals surface area contributed by atoms with Crippen LogP contribution in [0.5, 0.6) is 0 Å². The summed E-state index contributed by atoms with van der Waals surface area (Å²) in [7, 11) is 0. The molecule has 0 fully saturated rings. The summed E-state index contributed by atoms with van der Waals surface area (Å²) in [5.41, 5.74) is 1.61. The van der Waals surface area contributed by atoms with E-state index >= 15 is 0 Å². The van der Waals surface area contributed by atoms with E-state index in [2.05, 4.69) is 5.10 Å². The normalized spacial score (nSPS) is 17.7. The van der Waals surface area contributed by atoms with Gasteiger partial charge in [-0.15, -0.1) is 0 Å². The van der Waals surface area contributed by atoms with Gasteiger partial charge in [0, 0.05) is 11.4 Å². The Morgan fingerprint density at radius 3 is 2.52 bits per heavy atom. The summed E-state index contributed by atoms with van der Waals surface area (Å²) in [6, 6.07) is 10.4. The van der Waals surface area contributed by atoms with Gasteiger partial charge in [-0.25, -0.2) is 5.01 Å². The van der Waals surface area contributed by atoms with Crippen molar-refractivity contribution in [3.05, 3.63) is 59.0 Å². The van der Waals surface area contributed by atoms with Gasteiger partial charge in [-0.2, -0.15) is 5.10 Å². The lowest BCUT2D eigenvalue weighted by Gasteiger charge is -2.23. The van der Waals surface area contributed by atoms with Crippen LogP contribution in [0.4, 0.5) is 0 Å². The molecule has 0 bridgehead atoms. The number of hydrogen-bond donors (Lipinski definition) is 0. The molecule has 0 saturated carbocycles. The van der Waals surface area contributed by atoms with Gasteiger partial charge in [-0.1, -0.05) is 37.6 Å². The lowest BCUT2D eigenvalue weighted by Crippen LogP contribution is -2.37. The third-order valence-corrected chi connectivity index (χ3v) is 4.55. The number of carbonyl (C=O) groups is 2. The van der Waals surface area contributed by atoms with Crippen molar-refractivity contribution < 1.29 is 18.7 Å². The summed E-state index contributed by atoms with van der Waals surface area (Å²) in [5, 5.41) is 6.48. The topological polar surface area (TPSA) is 72.1 Å². The summed E-state index contributed by atoms with van der Waals surface area (Å²) in [4.78, 5) is 24.8. The van der Waals surface area contributed by atoms with Crippen molar-refractivity contribution in [1.82, 2.24) is 5.01 Å². The summed E-state index contributed by atoms with van der Waals surface area (Å²) < 4.78 is 10.8. The van der Waals surface area contributed by atoms with E-state index in [-0.39, 0.29) is 5.92 Å². The van der Waals surface area contributed by atoms with Gasteiger partial charge in [0.05, 0.1) is 17.9 Å². The number of hydrogen-bond acceptors (Lipinski definition) is 5. The molecular weight excluding hydrogens is 368 g/mol. The van der Waals surface area contributed by atoms with Crippen molar-refractivity contribution in [2.24, 2.45) is 11.0 Å². The fourth-order valence-electron chi connectivity index (χ4n) is 2.78. The molecule has 0 saturated heterocycles. The van der Waals surface area contributed by atoms with Gasteiger partial charge in [0.25, 0.3) is 5.91 Å². The van der Waals surface area contributed by atoms with E-state index in [1.54, 1.807) is 51.3 Å². The molecule has 142 valence electrons. The number of rotatable bonds is 5. The molecule has 0 unspecified atom stereocenters. The second-order valence-electron chi connectivity index (χ2n) is 6.71. The quantitative estimate of drug-likeness (QED) is 0.719. The van der Waals surface area contributed by atoms with Gasteiger partial charge in [0.2, 0.25) is 0 Å². The standard InChI is InChI=1S/C20H21ClN2O4/c1-12(2)20(25)27-13(3)19(24)23-17(18-5-4-10-26-18)11-16(22-23)14-6-8-15(21)9-7-14/h4-10,12-13,17H,11H2,1-3H3/t13-,17-/m0/s1.